The second-order valence-corrected chi connectivity index (χ2v) is 5.83. The Labute approximate surface area is 107 Å². The number of benzene rings is 1. The average Bonchev–Trinajstić information content (AvgIpc) is 2.86. The normalized spacial score (nSPS) is 25.2. The first-order valence-corrected chi connectivity index (χ1v) is 6.64. The molecule has 3 unspecified atom stereocenters. The van der Waals surface area contributed by atoms with E-state index in [1.807, 2.05) is 6.92 Å². The summed E-state index contributed by atoms with van der Waals surface area (Å²) in [4.78, 5) is 4.74. The lowest BCUT2D eigenvalue weighted by molar-refractivity contribution is 0.659. The Morgan fingerprint density at radius 2 is 2.18 bits per heavy atom. The molecule has 0 radical (unpaired) electrons. The van der Waals surface area contributed by atoms with E-state index in [1.54, 1.807) is 0 Å². The maximum Gasteiger partial charge on any atom is 0.127 e. The molecule has 0 saturated heterocycles. The number of hydrogen-bond donors (Lipinski definition) is 0. The standard InChI is InChI=1S/C14H17ClN2/c1-8-5-4-6-11-13(8)16-14(10(3)15)17(11)12-7-9(12)2/h4-6,9-10,12H,7H2,1-3H3. The Hall–Kier alpha value is -1.02. The van der Waals surface area contributed by atoms with Crippen LogP contribution >= 0.6 is 11.6 Å². The highest BCUT2D eigenvalue weighted by Gasteiger charge is 2.37. The van der Waals surface area contributed by atoms with Gasteiger partial charge in [-0.2, -0.15) is 0 Å². The molecule has 90 valence electrons. The van der Waals surface area contributed by atoms with Crippen LogP contribution in [0.25, 0.3) is 11.0 Å². The summed E-state index contributed by atoms with van der Waals surface area (Å²) in [5.41, 5.74) is 3.57. The monoisotopic (exact) mass is 248 g/mol. The van der Waals surface area contributed by atoms with E-state index in [0.29, 0.717) is 6.04 Å². The number of alkyl halides is 1. The Bertz CT molecular complexity index is 571. The van der Waals surface area contributed by atoms with Crippen molar-refractivity contribution in [2.24, 2.45) is 5.92 Å². The second-order valence-electron chi connectivity index (χ2n) is 5.18. The molecule has 2 aromatic rings. The zero-order chi connectivity index (χ0) is 12.2. The number of rotatable bonds is 2. The van der Waals surface area contributed by atoms with Gasteiger partial charge in [0.15, 0.2) is 0 Å². The number of imidazole rings is 1. The van der Waals surface area contributed by atoms with E-state index in [-0.39, 0.29) is 5.38 Å². The Morgan fingerprint density at radius 1 is 1.47 bits per heavy atom. The van der Waals surface area contributed by atoms with Crippen LogP contribution in [0, 0.1) is 12.8 Å². The predicted octanol–water partition coefficient (Wildman–Crippen LogP) is 4.23. The van der Waals surface area contributed by atoms with Crippen molar-refractivity contribution >= 4 is 22.6 Å². The maximum absolute atomic E-state index is 6.27. The van der Waals surface area contributed by atoms with Crippen molar-refractivity contribution in [2.75, 3.05) is 0 Å². The molecular formula is C14H17ClN2. The summed E-state index contributed by atoms with van der Waals surface area (Å²) in [5.74, 6) is 1.77. The summed E-state index contributed by atoms with van der Waals surface area (Å²) in [7, 11) is 0. The van der Waals surface area contributed by atoms with Gasteiger partial charge in [0.2, 0.25) is 0 Å². The first-order chi connectivity index (χ1) is 8.09. The van der Waals surface area contributed by atoms with Gasteiger partial charge in [-0.25, -0.2) is 4.98 Å². The van der Waals surface area contributed by atoms with E-state index in [9.17, 15) is 0 Å². The lowest BCUT2D eigenvalue weighted by Crippen LogP contribution is -2.03. The molecule has 0 N–H and O–H groups in total. The molecule has 1 aromatic heterocycles. The molecule has 0 amide bonds. The van der Waals surface area contributed by atoms with E-state index >= 15 is 0 Å². The lowest BCUT2D eigenvalue weighted by Gasteiger charge is -2.09. The van der Waals surface area contributed by atoms with E-state index in [2.05, 4.69) is 36.6 Å². The van der Waals surface area contributed by atoms with Crippen LogP contribution in [-0.2, 0) is 0 Å². The zero-order valence-corrected chi connectivity index (χ0v) is 11.2. The molecule has 0 bridgehead atoms. The van der Waals surface area contributed by atoms with Crippen molar-refractivity contribution in [2.45, 2.75) is 38.6 Å². The number of halogens is 1. The quantitative estimate of drug-likeness (QED) is 0.728. The molecule has 0 spiro atoms. The highest BCUT2D eigenvalue weighted by molar-refractivity contribution is 6.20. The lowest BCUT2D eigenvalue weighted by atomic mass is 10.2. The van der Waals surface area contributed by atoms with Crippen molar-refractivity contribution in [3.8, 4) is 0 Å². The summed E-state index contributed by atoms with van der Waals surface area (Å²) in [6.45, 7) is 6.40. The van der Waals surface area contributed by atoms with Gasteiger partial charge in [-0.1, -0.05) is 19.1 Å². The van der Waals surface area contributed by atoms with Crippen molar-refractivity contribution in [3.63, 3.8) is 0 Å². The van der Waals surface area contributed by atoms with Crippen molar-refractivity contribution in [1.29, 1.82) is 0 Å². The topological polar surface area (TPSA) is 17.8 Å². The van der Waals surface area contributed by atoms with Gasteiger partial charge in [0.05, 0.1) is 16.4 Å². The highest BCUT2D eigenvalue weighted by atomic mass is 35.5. The maximum atomic E-state index is 6.27. The molecule has 1 heterocycles. The SMILES string of the molecule is Cc1cccc2c1nc(C(C)Cl)n2C1CC1C. The molecule has 0 aliphatic heterocycles. The van der Waals surface area contributed by atoms with Gasteiger partial charge in [0.1, 0.15) is 5.82 Å². The molecule has 3 rings (SSSR count). The molecule has 1 aliphatic carbocycles. The molecule has 1 aliphatic rings. The molecule has 17 heavy (non-hydrogen) atoms. The first kappa shape index (κ1) is 11.1. The van der Waals surface area contributed by atoms with E-state index in [0.717, 1.165) is 17.3 Å². The van der Waals surface area contributed by atoms with Gasteiger partial charge in [-0.3, -0.25) is 0 Å². The molecule has 1 saturated carbocycles. The highest BCUT2D eigenvalue weighted by Crippen LogP contribution is 2.46. The number of aryl methyl sites for hydroxylation is 1. The van der Waals surface area contributed by atoms with Gasteiger partial charge in [-0.05, 0) is 37.8 Å². The summed E-state index contributed by atoms with van der Waals surface area (Å²) in [5, 5.41) is -0.0328. The third-order valence-corrected chi connectivity index (χ3v) is 3.90. The van der Waals surface area contributed by atoms with Crippen LogP contribution in [0.2, 0.25) is 0 Å². The molecule has 1 fully saturated rings. The van der Waals surface area contributed by atoms with Crippen molar-refractivity contribution in [3.05, 3.63) is 29.6 Å². The van der Waals surface area contributed by atoms with Crippen LogP contribution in [0.1, 0.15) is 43.1 Å². The molecular weight excluding hydrogens is 232 g/mol. The Morgan fingerprint density at radius 3 is 2.76 bits per heavy atom. The smallest absolute Gasteiger partial charge is 0.127 e. The minimum atomic E-state index is -0.0328. The van der Waals surface area contributed by atoms with Gasteiger partial charge in [0.25, 0.3) is 0 Å². The van der Waals surface area contributed by atoms with Crippen molar-refractivity contribution < 1.29 is 0 Å². The largest absolute Gasteiger partial charge is 0.323 e. The zero-order valence-electron chi connectivity index (χ0n) is 10.4. The summed E-state index contributed by atoms with van der Waals surface area (Å²) < 4.78 is 2.35. The van der Waals surface area contributed by atoms with Crippen LogP contribution in [0.5, 0.6) is 0 Å². The fourth-order valence-corrected chi connectivity index (χ4v) is 2.72. The molecule has 3 heteroatoms. The third kappa shape index (κ3) is 1.66. The van der Waals surface area contributed by atoms with Gasteiger partial charge in [-0.15, -0.1) is 11.6 Å². The van der Waals surface area contributed by atoms with Crippen LogP contribution in [0.3, 0.4) is 0 Å². The Kier molecular flexibility index (Phi) is 2.44. The van der Waals surface area contributed by atoms with E-state index < -0.39 is 0 Å². The summed E-state index contributed by atoms with van der Waals surface area (Å²) >= 11 is 6.27. The minimum absolute atomic E-state index is 0.0328. The number of aromatic nitrogens is 2. The van der Waals surface area contributed by atoms with Gasteiger partial charge < -0.3 is 4.57 Å². The summed E-state index contributed by atoms with van der Waals surface area (Å²) in [6.07, 6.45) is 1.25. The first-order valence-electron chi connectivity index (χ1n) is 6.21. The number of para-hydroxylation sites is 1. The van der Waals surface area contributed by atoms with Gasteiger partial charge in [0, 0.05) is 6.04 Å². The number of fused-ring (bicyclic) bond motifs is 1. The van der Waals surface area contributed by atoms with E-state index in [4.69, 9.17) is 16.6 Å². The number of nitrogens with zero attached hydrogens (tertiary/aromatic N) is 2. The molecule has 1 aromatic carbocycles. The van der Waals surface area contributed by atoms with Gasteiger partial charge >= 0.3 is 0 Å². The molecule has 2 nitrogen and oxygen atoms in total. The van der Waals surface area contributed by atoms with Crippen LogP contribution < -0.4 is 0 Å². The van der Waals surface area contributed by atoms with Crippen molar-refractivity contribution in [1.82, 2.24) is 9.55 Å². The fourth-order valence-electron chi connectivity index (χ4n) is 2.57. The summed E-state index contributed by atoms with van der Waals surface area (Å²) in [6, 6.07) is 6.96. The Balaban J connectivity index is 2.28. The van der Waals surface area contributed by atoms with Crippen LogP contribution in [-0.4, -0.2) is 9.55 Å². The number of hydrogen-bond acceptors (Lipinski definition) is 1. The van der Waals surface area contributed by atoms with E-state index in [1.165, 1.54) is 17.5 Å². The van der Waals surface area contributed by atoms with Crippen LogP contribution in [0.15, 0.2) is 18.2 Å². The predicted molar refractivity (Wildman–Crippen MR) is 71.6 cm³/mol. The van der Waals surface area contributed by atoms with Crippen LogP contribution in [0.4, 0.5) is 0 Å². The fraction of sp³-hybridized carbons (Fsp3) is 0.500. The molecule has 3 atom stereocenters. The minimum Gasteiger partial charge on any atom is -0.323 e. The third-order valence-electron chi connectivity index (χ3n) is 3.70. The average molecular weight is 249 g/mol. The second kappa shape index (κ2) is 3.74.